The molecule has 0 spiro atoms. The molecule has 0 aliphatic carbocycles. The Morgan fingerprint density at radius 1 is 1.20 bits per heavy atom. The lowest BCUT2D eigenvalue weighted by atomic mass is 10.0. The Bertz CT molecular complexity index is 712. The van der Waals surface area contributed by atoms with Gasteiger partial charge in [0, 0.05) is 17.6 Å². The summed E-state index contributed by atoms with van der Waals surface area (Å²) in [5.74, 6) is -0.333. The van der Waals surface area contributed by atoms with Crippen molar-refractivity contribution in [3.05, 3.63) is 29.8 Å². The fourth-order valence-electron chi connectivity index (χ4n) is 2.83. The highest BCUT2D eigenvalue weighted by molar-refractivity contribution is 7.89. The van der Waals surface area contributed by atoms with Crippen molar-refractivity contribution in [2.24, 2.45) is 0 Å². The van der Waals surface area contributed by atoms with Gasteiger partial charge in [-0.1, -0.05) is 18.6 Å². The average Bonchev–Trinajstić information content (AvgIpc) is 2.53. The SMILES string of the molecule is CC(C)(C)NC(=O)[C@H]1CCCCN1S(=O)(=O)c1ccc(C(F)F)cc1. The second kappa shape index (κ2) is 7.37. The summed E-state index contributed by atoms with van der Waals surface area (Å²) >= 11 is 0. The van der Waals surface area contributed by atoms with Crippen LogP contribution in [0.25, 0.3) is 0 Å². The summed E-state index contributed by atoms with van der Waals surface area (Å²) in [6, 6.07) is 3.76. The molecule has 0 radical (unpaired) electrons. The standard InChI is InChI=1S/C17H24F2N2O3S/c1-17(2,3)20-16(22)14-6-4-5-11-21(14)25(23,24)13-9-7-12(8-10-13)15(18)19/h7-10,14-15H,4-6,11H2,1-3H3,(H,20,22)/t14-/m1/s1. The molecule has 1 aliphatic rings. The minimum absolute atomic E-state index is 0.0765. The maximum atomic E-state index is 12.9. The van der Waals surface area contributed by atoms with E-state index >= 15 is 0 Å². The zero-order valence-corrected chi connectivity index (χ0v) is 15.4. The lowest BCUT2D eigenvalue weighted by molar-refractivity contribution is -0.127. The van der Waals surface area contributed by atoms with Gasteiger partial charge in [0.15, 0.2) is 0 Å². The van der Waals surface area contributed by atoms with E-state index in [9.17, 15) is 22.0 Å². The summed E-state index contributed by atoms with van der Waals surface area (Å²) in [6.07, 6.45) is -0.792. The maximum absolute atomic E-state index is 12.9. The van der Waals surface area contributed by atoms with Crippen molar-refractivity contribution >= 4 is 15.9 Å². The molecule has 8 heteroatoms. The second-order valence-electron chi connectivity index (χ2n) is 7.24. The molecule has 1 amide bonds. The molecule has 2 rings (SSSR count). The summed E-state index contributed by atoms with van der Waals surface area (Å²) in [5, 5.41) is 2.82. The smallest absolute Gasteiger partial charge is 0.263 e. The van der Waals surface area contributed by atoms with Crippen LogP contribution in [0, 0.1) is 0 Å². The largest absolute Gasteiger partial charge is 0.350 e. The molecule has 1 atom stereocenters. The highest BCUT2D eigenvalue weighted by Gasteiger charge is 2.38. The Labute approximate surface area is 147 Å². The lowest BCUT2D eigenvalue weighted by Crippen LogP contribution is -2.55. The lowest BCUT2D eigenvalue weighted by Gasteiger charge is -2.35. The molecule has 0 saturated carbocycles. The molecule has 1 aromatic carbocycles. The Balaban J connectivity index is 2.29. The first kappa shape index (κ1) is 19.8. The van der Waals surface area contributed by atoms with E-state index in [2.05, 4.69) is 5.32 Å². The summed E-state index contributed by atoms with van der Waals surface area (Å²) in [5.41, 5.74) is -0.706. The molecule has 0 aromatic heterocycles. The molecule has 0 unspecified atom stereocenters. The molecule has 1 aromatic rings. The maximum Gasteiger partial charge on any atom is 0.263 e. The molecule has 1 aliphatic heterocycles. The minimum Gasteiger partial charge on any atom is -0.350 e. The molecule has 1 N–H and O–H groups in total. The van der Waals surface area contributed by atoms with Gasteiger partial charge in [0.05, 0.1) is 4.90 Å². The summed E-state index contributed by atoms with van der Waals surface area (Å²) in [6.45, 7) is 5.72. The van der Waals surface area contributed by atoms with Gasteiger partial charge in [-0.2, -0.15) is 4.31 Å². The monoisotopic (exact) mass is 374 g/mol. The molecule has 140 valence electrons. The first-order valence-electron chi connectivity index (χ1n) is 8.24. The molecule has 1 fully saturated rings. The molecular weight excluding hydrogens is 350 g/mol. The number of halogens is 2. The van der Waals surface area contributed by atoms with Gasteiger partial charge in [0.1, 0.15) is 6.04 Å². The number of amides is 1. The van der Waals surface area contributed by atoms with E-state index in [1.54, 1.807) is 0 Å². The topological polar surface area (TPSA) is 66.5 Å². The zero-order chi connectivity index (χ0) is 18.8. The van der Waals surface area contributed by atoms with Crippen LogP contribution in [0.1, 0.15) is 52.0 Å². The predicted molar refractivity (Wildman–Crippen MR) is 90.8 cm³/mol. The van der Waals surface area contributed by atoms with Gasteiger partial charge in [-0.25, -0.2) is 17.2 Å². The van der Waals surface area contributed by atoms with E-state index in [0.29, 0.717) is 12.8 Å². The van der Waals surface area contributed by atoms with Crippen LogP contribution < -0.4 is 5.32 Å². The number of alkyl halides is 2. The van der Waals surface area contributed by atoms with Crippen LogP contribution in [0.3, 0.4) is 0 Å². The van der Waals surface area contributed by atoms with Crippen LogP contribution in [0.15, 0.2) is 29.2 Å². The average molecular weight is 374 g/mol. The van der Waals surface area contributed by atoms with Crippen molar-refractivity contribution < 1.29 is 22.0 Å². The normalized spacial score (nSPS) is 19.8. The van der Waals surface area contributed by atoms with Gasteiger partial charge in [-0.05, 0) is 45.7 Å². The highest BCUT2D eigenvalue weighted by Crippen LogP contribution is 2.27. The van der Waals surface area contributed by atoms with Crippen molar-refractivity contribution in [1.82, 2.24) is 9.62 Å². The number of hydrogen-bond acceptors (Lipinski definition) is 3. The Morgan fingerprint density at radius 2 is 1.80 bits per heavy atom. The number of nitrogens with zero attached hydrogens (tertiary/aromatic N) is 1. The molecule has 0 bridgehead atoms. The van der Waals surface area contributed by atoms with Crippen LogP contribution >= 0.6 is 0 Å². The molecule has 1 heterocycles. The van der Waals surface area contributed by atoms with Crippen LogP contribution in [0.4, 0.5) is 8.78 Å². The molecule has 1 saturated heterocycles. The molecule has 25 heavy (non-hydrogen) atoms. The minimum atomic E-state index is -3.93. The number of rotatable bonds is 4. The van der Waals surface area contributed by atoms with Gasteiger partial charge in [0.2, 0.25) is 15.9 Å². The Morgan fingerprint density at radius 3 is 2.32 bits per heavy atom. The summed E-state index contributed by atoms with van der Waals surface area (Å²) < 4.78 is 52.3. The van der Waals surface area contributed by atoms with E-state index in [1.807, 2.05) is 20.8 Å². The van der Waals surface area contributed by atoms with Crippen molar-refractivity contribution in [1.29, 1.82) is 0 Å². The first-order chi connectivity index (χ1) is 11.5. The van der Waals surface area contributed by atoms with Gasteiger partial charge < -0.3 is 5.32 Å². The van der Waals surface area contributed by atoms with Crippen LogP contribution in [0.5, 0.6) is 0 Å². The number of piperidine rings is 1. The van der Waals surface area contributed by atoms with E-state index in [-0.39, 0.29) is 22.9 Å². The quantitative estimate of drug-likeness (QED) is 0.881. The van der Waals surface area contributed by atoms with Crippen molar-refractivity contribution in [2.75, 3.05) is 6.54 Å². The number of sulfonamides is 1. The number of carbonyl (C=O) groups is 1. The van der Waals surface area contributed by atoms with Crippen molar-refractivity contribution in [2.45, 2.75) is 62.9 Å². The van der Waals surface area contributed by atoms with Crippen LogP contribution in [-0.4, -0.2) is 36.8 Å². The zero-order valence-electron chi connectivity index (χ0n) is 14.6. The number of carbonyl (C=O) groups excluding carboxylic acids is 1. The van der Waals surface area contributed by atoms with Crippen LogP contribution in [-0.2, 0) is 14.8 Å². The predicted octanol–water partition coefficient (Wildman–Crippen LogP) is 3.08. The van der Waals surface area contributed by atoms with Gasteiger partial charge in [-0.3, -0.25) is 4.79 Å². The van der Waals surface area contributed by atoms with E-state index < -0.39 is 28.0 Å². The van der Waals surface area contributed by atoms with Crippen molar-refractivity contribution in [3.63, 3.8) is 0 Å². The third-order valence-electron chi connectivity index (χ3n) is 3.99. The third kappa shape index (κ3) is 4.76. The summed E-state index contributed by atoms with van der Waals surface area (Å²) in [4.78, 5) is 12.5. The summed E-state index contributed by atoms with van der Waals surface area (Å²) in [7, 11) is -3.93. The van der Waals surface area contributed by atoms with Gasteiger partial charge in [0.25, 0.3) is 6.43 Å². The van der Waals surface area contributed by atoms with Gasteiger partial charge >= 0.3 is 0 Å². The fraction of sp³-hybridized carbons (Fsp3) is 0.588. The first-order valence-corrected chi connectivity index (χ1v) is 9.68. The van der Waals surface area contributed by atoms with E-state index in [1.165, 1.54) is 16.4 Å². The number of hydrogen-bond donors (Lipinski definition) is 1. The van der Waals surface area contributed by atoms with E-state index in [0.717, 1.165) is 18.6 Å². The van der Waals surface area contributed by atoms with Crippen LogP contribution in [0.2, 0.25) is 0 Å². The van der Waals surface area contributed by atoms with E-state index in [4.69, 9.17) is 0 Å². The Kier molecular flexibility index (Phi) is 5.83. The highest BCUT2D eigenvalue weighted by atomic mass is 32.2. The van der Waals surface area contributed by atoms with Crippen molar-refractivity contribution in [3.8, 4) is 0 Å². The molecule has 5 nitrogen and oxygen atoms in total. The third-order valence-corrected chi connectivity index (χ3v) is 5.92. The molecular formula is C17H24F2N2O3S. The fourth-order valence-corrected chi connectivity index (χ4v) is 4.48. The van der Waals surface area contributed by atoms with Gasteiger partial charge in [-0.15, -0.1) is 0 Å². The second-order valence-corrected chi connectivity index (χ2v) is 9.13. The Hall–Kier alpha value is -1.54. The number of benzene rings is 1. The number of nitrogens with one attached hydrogen (secondary N) is 1.